The van der Waals surface area contributed by atoms with Gasteiger partial charge < -0.3 is 14.4 Å². The van der Waals surface area contributed by atoms with E-state index >= 15 is 0 Å². The zero-order valence-corrected chi connectivity index (χ0v) is 10.8. The van der Waals surface area contributed by atoms with Crippen molar-refractivity contribution < 1.29 is 19.2 Å². The Bertz CT molecular complexity index is 557. The highest BCUT2D eigenvalue weighted by atomic mass is 16.5. The fraction of sp³-hybridized carbons (Fsp3) is 0.286. The van der Waals surface area contributed by atoms with Crippen LogP contribution in [0.25, 0.3) is 0 Å². The zero-order valence-electron chi connectivity index (χ0n) is 10.8. The summed E-state index contributed by atoms with van der Waals surface area (Å²) in [5.74, 6) is 0.445. The van der Waals surface area contributed by atoms with Crippen molar-refractivity contribution in [3.8, 4) is 5.75 Å². The van der Waals surface area contributed by atoms with Crippen LogP contribution in [0.1, 0.15) is 41.6 Å². The molecule has 0 saturated carbocycles. The molecule has 2 rings (SSSR count). The fourth-order valence-electron chi connectivity index (χ4n) is 1.59. The first-order valence-corrected chi connectivity index (χ1v) is 5.98. The maximum Gasteiger partial charge on any atom is 0.358 e. The quantitative estimate of drug-likeness (QED) is 0.895. The lowest BCUT2D eigenvalue weighted by Gasteiger charge is -2.07. The van der Waals surface area contributed by atoms with E-state index in [4.69, 9.17) is 14.4 Å². The fourth-order valence-corrected chi connectivity index (χ4v) is 1.59. The molecule has 0 fully saturated rings. The summed E-state index contributed by atoms with van der Waals surface area (Å²) in [6.07, 6.45) is 0. The van der Waals surface area contributed by atoms with E-state index in [0.717, 1.165) is 0 Å². The molecule has 0 spiro atoms. The SMILES string of the molecule is CC(C)c1ccc(OCc2cc(C(=O)O)no2)cc1. The third-order valence-electron chi connectivity index (χ3n) is 2.71. The number of carboxylic acid groups (broad SMARTS) is 1. The molecule has 1 N–H and O–H groups in total. The Morgan fingerprint density at radius 3 is 2.58 bits per heavy atom. The summed E-state index contributed by atoms with van der Waals surface area (Å²) < 4.78 is 10.3. The molecule has 5 heteroatoms. The molecule has 100 valence electrons. The van der Waals surface area contributed by atoms with Crippen LogP contribution in [-0.4, -0.2) is 16.2 Å². The van der Waals surface area contributed by atoms with Crippen molar-refractivity contribution in [2.24, 2.45) is 0 Å². The number of aromatic nitrogens is 1. The first-order chi connectivity index (χ1) is 9.06. The van der Waals surface area contributed by atoms with Crippen LogP contribution in [0.3, 0.4) is 0 Å². The van der Waals surface area contributed by atoms with Crippen molar-refractivity contribution in [1.29, 1.82) is 0 Å². The van der Waals surface area contributed by atoms with Crippen LogP contribution < -0.4 is 4.74 Å². The highest BCUT2D eigenvalue weighted by Gasteiger charge is 2.10. The normalized spacial score (nSPS) is 10.7. The average molecular weight is 261 g/mol. The molecule has 0 radical (unpaired) electrons. The molecule has 0 unspecified atom stereocenters. The molecule has 2 aromatic rings. The number of rotatable bonds is 5. The lowest BCUT2D eigenvalue weighted by Crippen LogP contribution is -1.96. The van der Waals surface area contributed by atoms with E-state index in [1.54, 1.807) is 0 Å². The van der Waals surface area contributed by atoms with Crippen LogP contribution in [0, 0.1) is 0 Å². The number of carboxylic acids is 1. The maximum absolute atomic E-state index is 10.6. The van der Waals surface area contributed by atoms with E-state index in [-0.39, 0.29) is 12.3 Å². The summed E-state index contributed by atoms with van der Waals surface area (Å²) in [6, 6.07) is 9.12. The van der Waals surface area contributed by atoms with E-state index in [2.05, 4.69) is 19.0 Å². The van der Waals surface area contributed by atoms with Crippen molar-refractivity contribution >= 4 is 5.97 Å². The predicted octanol–water partition coefficient (Wildman–Crippen LogP) is 3.08. The van der Waals surface area contributed by atoms with E-state index < -0.39 is 5.97 Å². The molecule has 0 aliphatic carbocycles. The molecular weight excluding hydrogens is 246 g/mol. The van der Waals surface area contributed by atoms with E-state index in [9.17, 15) is 4.79 Å². The Hall–Kier alpha value is -2.30. The third kappa shape index (κ3) is 3.34. The van der Waals surface area contributed by atoms with E-state index in [1.807, 2.05) is 24.3 Å². The van der Waals surface area contributed by atoms with Gasteiger partial charge in [0.05, 0.1) is 0 Å². The largest absolute Gasteiger partial charge is 0.486 e. The van der Waals surface area contributed by atoms with Crippen LogP contribution >= 0.6 is 0 Å². The van der Waals surface area contributed by atoms with Gasteiger partial charge in [-0.15, -0.1) is 0 Å². The molecular formula is C14H15NO4. The van der Waals surface area contributed by atoms with Crippen LogP contribution in [-0.2, 0) is 6.61 Å². The lowest BCUT2D eigenvalue weighted by atomic mass is 10.0. The van der Waals surface area contributed by atoms with Gasteiger partial charge in [-0.25, -0.2) is 4.79 Å². The molecule has 0 aliphatic rings. The van der Waals surface area contributed by atoms with Gasteiger partial charge in [0.2, 0.25) is 0 Å². The summed E-state index contributed by atoms with van der Waals surface area (Å²) in [5.41, 5.74) is 1.12. The third-order valence-corrected chi connectivity index (χ3v) is 2.71. The Labute approximate surface area is 110 Å². The number of ether oxygens (including phenoxy) is 1. The number of carbonyl (C=O) groups is 1. The molecule has 0 atom stereocenters. The van der Waals surface area contributed by atoms with Crippen LogP contribution in [0.5, 0.6) is 5.75 Å². The predicted molar refractivity (Wildman–Crippen MR) is 68.3 cm³/mol. The van der Waals surface area contributed by atoms with Crippen molar-refractivity contribution in [1.82, 2.24) is 5.16 Å². The number of hydrogen-bond acceptors (Lipinski definition) is 4. The van der Waals surface area contributed by atoms with Crippen molar-refractivity contribution in [3.05, 3.63) is 47.3 Å². The summed E-state index contributed by atoms with van der Waals surface area (Å²) in [5, 5.41) is 12.1. The molecule has 5 nitrogen and oxygen atoms in total. The lowest BCUT2D eigenvalue weighted by molar-refractivity contribution is 0.0685. The monoisotopic (exact) mass is 261 g/mol. The van der Waals surface area contributed by atoms with E-state index in [0.29, 0.717) is 17.4 Å². The van der Waals surface area contributed by atoms with Crippen LogP contribution in [0.2, 0.25) is 0 Å². The maximum atomic E-state index is 10.6. The zero-order chi connectivity index (χ0) is 13.8. The number of benzene rings is 1. The van der Waals surface area contributed by atoms with Gasteiger partial charge in [-0.2, -0.15) is 0 Å². The van der Waals surface area contributed by atoms with Gasteiger partial charge in [0.15, 0.2) is 11.5 Å². The van der Waals surface area contributed by atoms with Gasteiger partial charge in [-0.05, 0) is 23.6 Å². The smallest absolute Gasteiger partial charge is 0.358 e. The average Bonchev–Trinajstić information content (AvgIpc) is 2.86. The van der Waals surface area contributed by atoms with Crippen molar-refractivity contribution in [3.63, 3.8) is 0 Å². The standard InChI is InChI=1S/C14H15NO4/c1-9(2)10-3-5-11(6-4-10)18-8-12-7-13(14(16)17)15-19-12/h3-7,9H,8H2,1-2H3,(H,16,17). The second kappa shape index (κ2) is 5.56. The molecule has 0 saturated heterocycles. The molecule has 1 aromatic heterocycles. The highest BCUT2D eigenvalue weighted by molar-refractivity contribution is 5.85. The Balaban J connectivity index is 1.96. The first kappa shape index (κ1) is 13.1. The molecule has 0 bridgehead atoms. The van der Waals surface area contributed by atoms with Gasteiger partial charge in [-0.3, -0.25) is 0 Å². The molecule has 0 aliphatic heterocycles. The second-order valence-corrected chi connectivity index (χ2v) is 4.50. The summed E-state index contributed by atoms with van der Waals surface area (Å²) in [6.45, 7) is 4.40. The van der Waals surface area contributed by atoms with Gasteiger partial charge in [0.25, 0.3) is 0 Å². The second-order valence-electron chi connectivity index (χ2n) is 4.50. The topological polar surface area (TPSA) is 72.6 Å². The molecule has 19 heavy (non-hydrogen) atoms. The highest BCUT2D eigenvalue weighted by Crippen LogP contribution is 2.19. The number of hydrogen-bond donors (Lipinski definition) is 1. The minimum absolute atomic E-state index is 0.117. The van der Waals surface area contributed by atoms with Gasteiger partial charge >= 0.3 is 5.97 Å². The Morgan fingerprint density at radius 1 is 1.37 bits per heavy atom. The first-order valence-electron chi connectivity index (χ1n) is 5.98. The van der Waals surface area contributed by atoms with Gasteiger partial charge in [0.1, 0.15) is 12.4 Å². The molecule has 1 aromatic carbocycles. The van der Waals surface area contributed by atoms with Crippen molar-refractivity contribution in [2.45, 2.75) is 26.4 Å². The minimum Gasteiger partial charge on any atom is -0.486 e. The summed E-state index contributed by atoms with van der Waals surface area (Å²) in [4.78, 5) is 10.6. The minimum atomic E-state index is -1.11. The van der Waals surface area contributed by atoms with E-state index in [1.165, 1.54) is 11.6 Å². The molecule has 0 amide bonds. The van der Waals surface area contributed by atoms with Crippen LogP contribution in [0.4, 0.5) is 0 Å². The Morgan fingerprint density at radius 2 is 2.05 bits per heavy atom. The molecule has 1 heterocycles. The summed E-state index contributed by atoms with van der Waals surface area (Å²) >= 11 is 0. The Kier molecular flexibility index (Phi) is 3.85. The van der Waals surface area contributed by atoms with Crippen LogP contribution in [0.15, 0.2) is 34.9 Å². The van der Waals surface area contributed by atoms with Gasteiger partial charge in [-0.1, -0.05) is 31.1 Å². The summed E-state index contributed by atoms with van der Waals surface area (Å²) in [7, 11) is 0. The van der Waals surface area contributed by atoms with Gasteiger partial charge in [0, 0.05) is 6.07 Å². The number of aromatic carboxylic acids is 1. The number of nitrogens with zero attached hydrogens (tertiary/aromatic N) is 1. The van der Waals surface area contributed by atoms with Crippen molar-refractivity contribution in [2.75, 3.05) is 0 Å².